The standard InChI is InChI=1S/C29H41N2Si.C10H15.Ir.3H/c1-18(2)24-13-11-14-25(19(3)4)28(24)30-22(9)17-23(10)31(32-30)29-26(20(5)6)15-12-16-27(29)21(7)8;1-6-7(2)9(4)10(5)8(6)3;;;;/h11-21,32H,9H2,1-8,10H3;1-5H3;;;;. The van der Waals surface area contributed by atoms with Gasteiger partial charge in [-0.15, -0.1) is 0 Å². The number of benzene rings is 2. The monoisotopic (exact) mass is 776 g/mol. The molecule has 0 aromatic heterocycles. The van der Waals surface area contributed by atoms with Gasteiger partial charge in [0.2, 0.25) is 0 Å². The predicted octanol–water partition coefficient (Wildman–Crippen LogP) is 10.7. The minimum absolute atomic E-state index is 0. The number of para-hydroxylation sites is 2. The first kappa shape index (κ1) is 37.1. The molecule has 0 unspecified atom stereocenters. The summed E-state index contributed by atoms with van der Waals surface area (Å²) in [6, 6.07) is 13.7. The first-order valence-corrected chi connectivity index (χ1v) is 16.9. The van der Waals surface area contributed by atoms with E-state index < -0.39 is 0 Å². The van der Waals surface area contributed by atoms with Crippen LogP contribution in [0.3, 0.4) is 0 Å². The molecule has 1 aliphatic carbocycles. The first-order chi connectivity index (χ1) is 19.6. The summed E-state index contributed by atoms with van der Waals surface area (Å²) >= 11 is 0. The molecule has 0 saturated carbocycles. The minimum atomic E-state index is -0.207. The van der Waals surface area contributed by atoms with E-state index in [9.17, 15) is 0 Å². The van der Waals surface area contributed by atoms with Crippen LogP contribution in [0.15, 0.2) is 82.7 Å². The van der Waals surface area contributed by atoms with Gasteiger partial charge in [-0.1, -0.05) is 116 Å². The molecule has 2 aromatic rings. The van der Waals surface area contributed by atoms with Gasteiger partial charge in [0.15, 0.2) is 0 Å². The van der Waals surface area contributed by atoms with Crippen LogP contribution in [0, 0.1) is 5.92 Å². The van der Waals surface area contributed by atoms with Gasteiger partial charge >= 0.3 is 20.1 Å². The van der Waals surface area contributed by atoms with Crippen LogP contribution in [0.1, 0.15) is 143 Å². The summed E-state index contributed by atoms with van der Waals surface area (Å²) in [6.45, 7) is 36.2. The zero-order valence-corrected chi connectivity index (χ0v) is 33.5. The topological polar surface area (TPSA) is 6.48 Å². The molecule has 0 amide bonds. The molecule has 0 spiro atoms. The third kappa shape index (κ3) is 7.75. The van der Waals surface area contributed by atoms with Gasteiger partial charge in [0.25, 0.3) is 9.84 Å². The second kappa shape index (κ2) is 15.2. The van der Waals surface area contributed by atoms with E-state index >= 15 is 0 Å². The van der Waals surface area contributed by atoms with E-state index in [4.69, 9.17) is 0 Å². The van der Waals surface area contributed by atoms with Crippen LogP contribution >= 0.6 is 0 Å². The number of nitrogens with zero attached hydrogens (tertiary/aromatic N) is 2. The maximum atomic E-state index is 4.51. The van der Waals surface area contributed by atoms with Gasteiger partial charge in [0.05, 0.1) is 0 Å². The fourth-order valence-corrected chi connectivity index (χ4v) is 7.62. The van der Waals surface area contributed by atoms with E-state index in [1.165, 1.54) is 67.5 Å². The van der Waals surface area contributed by atoms with Gasteiger partial charge in [0, 0.05) is 28.7 Å². The number of anilines is 2. The van der Waals surface area contributed by atoms with Crippen LogP contribution < -0.4 is 9.13 Å². The van der Waals surface area contributed by atoms with Gasteiger partial charge in [-0.2, -0.15) is 0 Å². The van der Waals surface area contributed by atoms with Gasteiger partial charge in [-0.25, -0.2) is 0 Å². The van der Waals surface area contributed by atoms with Crippen LogP contribution in [-0.2, 0) is 20.1 Å². The van der Waals surface area contributed by atoms with Crippen molar-refractivity contribution in [3.63, 3.8) is 0 Å². The number of hydrogen-bond acceptors (Lipinski definition) is 2. The Bertz CT molecular complexity index is 1330. The summed E-state index contributed by atoms with van der Waals surface area (Å²) in [5.41, 5.74) is 16.8. The van der Waals surface area contributed by atoms with E-state index in [0.717, 1.165) is 5.70 Å². The SMILES string of the molecule is C=C1C=C(C)N(c2c(C(C)C)cccc2C(C)C)[SiH]N1c1c(C(C)C)cccc1C(C)C.C[C]1C(C)=C(C)C(C)=C1C.[IrH3]. The zero-order valence-electron chi connectivity index (χ0n) is 29.4. The molecule has 0 atom stereocenters. The van der Waals surface area contributed by atoms with Crippen LogP contribution in [0.5, 0.6) is 0 Å². The van der Waals surface area contributed by atoms with E-state index in [1.54, 1.807) is 0 Å². The fraction of sp³-hybridized carbons (Fsp3) is 0.462. The van der Waals surface area contributed by atoms with Crippen molar-refractivity contribution in [2.24, 2.45) is 0 Å². The van der Waals surface area contributed by atoms with E-state index in [0.29, 0.717) is 23.7 Å². The third-order valence-corrected chi connectivity index (χ3v) is 11.0. The number of allylic oxidation sites excluding steroid dienone is 6. The molecular formula is C39H59IrN2Si. The molecule has 2 aliphatic rings. The van der Waals surface area contributed by atoms with E-state index in [-0.39, 0.29) is 29.9 Å². The first-order valence-electron chi connectivity index (χ1n) is 15.9. The predicted molar refractivity (Wildman–Crippen MR) is 194 cm³/mol. The molecule has 1 heterocycles. The van der Waals surface area contributed by atoms with Crippen molar-refractivity contribution in [1.29, 1.82) is 0 Å². The molecular weight excluding hydrogens is 717 g/mol. The normalized spacial score (nSPS) is 16.0. The van der Waals surface area contributed by atoms with Crippen LogP contribution in [-0.4, -0.2) is 9.84 Å². The molecule has 0 N–H and O–H groups in total. The van der Waals surface area contributed by atoms with Gasteiger partial charge in [-0.05, 0) is 97.8 Å². The summed E-state index contributed by atoms with van der Waals surface area (Å²) < 4.78 is 5.12. The molecule has 2 nitrogen and oxygen atoms in total. The number of hydrogen-bond donors (Lipinski definition) is 0. The second-order valence-corrected chi connectivity index (χ2v) is 14.7. The van der Waals surface area contributed by atoms with Gasteiger partial charge < -0.3 is 9.13 Å². The molecule has 4 heteroatoms. The Balaban J connectivity index is 0.000000498. The van der Waals surface area contributed by atoms with Crippen molar-refractivity contribution in [3.05, 3.63) is 111 Å². The van der Waals surface area contributed by atoms with Gasteiger partial charge in [0.1, 0.15) is 0 Å². The summed E-state index contributed by atoms with van der Waals surface area (Å²) in [6.07, 6.45) is 2.28. The van der Waals surface area contributed by atoms with Crippen molar-refractivity contribution in [1.82, 2.24) is 0 Å². The molecule has 4 rings (SSSR count). The van der Waals surface area contributed by atoms with Crippen molar-refractivity contribution in [3.8, 4) is 0 Å². The molecule has 238 valence electrons. The Morgan fingerprint density at radius 2 is 0.860 bits per heavy atom. The van der Waals surface area contributed by atoms with Crippen molar-refractivity contribution < 1.29 is 20.1 Å². The van der Waals surface area contributed by atoms with Crippen LogP contribution in [0.25, 0.3) is 0 Å². The Morgan fingerprint density at radius 3 is 1.14 bits per heavy atom. The average molecular weight is 776 g/mol. The summed E-state index contributed by atoms with van der Waals surface area (Å²) in [5, 5.41) is 0. The molecule has 0 fully saturated rings. The fourth-order valence-electron chi connectivity index (χ4n) is 6.08. The Morgan fingerprint density at radius 1 is 0.535 bits per heavy atom. The third-order valence-electron chi connectivity index (χ3n) is 9.28. The van der Waals surface area contributed by atoms with Crippen LogP contribution in [0.2, 0.25) is 0 Å². The molecule has 0 saturated heterocycles. The average Bonchev–Trinajstić information content (AvgIpc) is 3.10. The molecule has 43 heavy (non-hydrogen) atoms. The summed E-state index contributed by atoms with van der Waals surface area (Å²) in [4.78, 5) is 0. The quantitative estimate of drug-likeness (QED) is 0.270. The Hall–Kier alpha value is -2.13. The zero-order chi connectivity index (χ0) is 31.6. The molecule has 0 bridgehead atoms. The number of rotatable bonds is 6. The summed E-state index contributed by atoms with van der Waals surface area (Å²) in [5.74, 6) is 3.35. The van der Waals surface area contributed by atoms with E-state index in [2.05, 4.69) is 155 Å². The van der Waals surface area contributed by atoms with Crippen molar-refractivity contribution in [2.75, 3.05) is 9.13 Å². The second-order valence-electron chi connectivity index (χ2n) is 13.4. The van der Waals surface area contributed by atoms with E-state index in [1.807, 2.05) is 0 Å². The Labute approximate surface area is 280 Å². The molecule has 3 radical (unpaired) electrons. The molecule has 2 aromatic carbocycles. The van der Waals surface area contributed by atoms with Gasteiger partial charge in [-0.3, -0.25) is 0 Å². The molecule has 1 aliphatic heterocycles. The van der Waals surface area contributed by atoms with Crippen molar-refractivity contribution in [2.45, 2.75) is 121 Å². The maximum absolute atomic E-state index is 4.51. The summed E-state index contributed by atoms with van der Waals surface area (Å²) in [7, 11) is -0.207. The van der Waals surface area contributed by atoms with Crippen LogP contribution in [0.4, 0.5) is 11.4 Å². The van der Waals surface area contributed by atoms with Crippen molar-refractivity contribution >= 4 is 21.2 Å². The Kier molecular flexibility index (Phi) is 13.1.